The molecule has 0 aliphatic heterocycles. The third-order valence-corrected chi connectivity index (χ3v) is 5.81. The number of aromatic carboxylic acids is 1. The van der Waals surface area contributed by atoms with Gasteiger partial charge in [-0.2, -0.15) is 0 Å². The van der Waals surface area contributed by atoms with Crippen LogP contribution in [0.2, 0.25) is 0 Å². The van der Waals surface area contributed by atoms with E-state index in [1.807, 2.05) is 0 Å². The van der Waals surface area contributed by atoms with Crippen LogP contribution in [0.25, 0.3) is 11.5 Å². The SMILES string of the molecule is Cc1ccccc1S(=O)(=O)Cc1nc(-c2ccc(C(=O)O)cc2)oc1C. The molecule has 0 saturated heterocycles. The van der Waals surface area contributed by atoms with E-state index in [1.54, 1.807) is 50.2 Å². The summed E-state index contributed by atoms with van der Waals surface area (Å²) in [6.45, 7) is 3.41. The second-order valence-corrected chi connectivity index (χ2v) is 7.89. The molecule has 7 heteroatoms. The van der Waals surface area contributed by atoms with Crippen molar-refractivity contribution in [3.63, 3.8) is 0 Å². The number of aryl methyl sites for hydroxylation is 2. The first-order chi connectivity index (χ1) is 12.3. The highest BCUT2D eigenvalue weighted by Crippen LogP contribution is 2.26. The van der Waals surface area contributed by atoms with E-state index in [-0.39, 0.29) is 22.1 Å². The average molecular weight is 371 g/mol. The molecule has 1 heterocycles. The number of carboxylic acids is 1. The lowest BCUT2D eigenvalue weighted by atomic mass is 10.1. The van der Waals surface area contributed by atoms with E-state index in [0.717, 1.165) is 0 Å². The minimum absolute atomic E-state index is 0.152. The summed E-state index contributed by atoms with van der Waals surface area (Å²) < 4.78 is 31.0. The van der Waals surface area contributed by atoms with E-state index >= 15 is 0 Å². The third kappa shape index (κ3) is 3.52. The fourth-order valence-electron chi connectivity index (χ4n) is 2.60. The summed E-state index contributed by atoms with van der Waals surface area (Å²) >= 11 is 0. The zero-order valence-electron chi connectivity index (χ0n) is 14.3. The molecule has 6 nitrogen and oxygen atoms in total. The smallest absolute Gasteiger partial charge is 0.335 e. The zero-order valence-corrected chi connectivity index (χ0v) is 15.1. The lowest BCUT2D eigenvalue weighted by molar-refractivity contribution is 0.0697. The van der Waals surface area contributed by atoms with E-state index in [4.69, 9.17) is 9.52 Å². The van der Waals surface area contributed by atoms with Crippen molar-refractivity contribution in [3.8, 4) is 11.5 Å². The number of nitrogens with zero attached hydrogens (tertiary/aromatic N) is 1. The quantitative estimate of drug-likeness (QED) is 0.735. The van der Waals surface area contributed by atoms with E-state index < -0.39 is 15.8 Å². The maximum Gasteiger partial charge on any atom is 0.335 e. The van der Waals surface area contributed by atoms with Crippen molar-refractivity contribution in [2.75, 3.05) is 0 Å². The molecule has 0 spiro atoms. The molecule has 0 aliphatic carbocycles. The average Bonchev–Trinajstić information content (AvgIpc) is 2.95. The molecule has 2 aromatic carbocycles. The Morgan fingerprint density at radius 1 is 1.08 bits per heavy atom. The first-order valence-electron chi connectivity index (χ1n) is 7.86. The topological polar surface area (TPSA) is 97.5 Å². The Kier molecular flexibility index (Phi) is 4.65. The summed E-state index contributed by atoms with van der Waals surface area (Å²) in [5.41, 5.74) is 1.75. The van der Waals surface area contributed by atoms with Crippen LogP contribution in [0.3, 0.4) is 0 Å². The van der Waals surface area contributed by atoms with Crippen molar-refractivity contribution in [2.45, 2.75) is 24.5 Å². The van der Waals surface area contributed by atoms with Gasteiger partial charge in [-0.1, -0.05) is 18.2 Å². The number of oxazole rings is 1. The molecule has 0 saturated carbocycles. The molecule has 0 aliphatic rings. The van der Waals surface area contributed by atoms with Crippen molar-refractivity contribution in [3.05, 3.63) is 71.1 Å². The van der Waals surface area contributed by atoms with Crippen LogP contribution in [-0.2, 0) is 15.6 Å². The molecule has 1 aromatic heterocycles. The van der Waals surface area contributed by atoms with Crippen molar-refractivity contribution in [2.24, 2.45) is 0 Å². The number of sulfone groups is 1. The summed E-state index contributed by atoms with van der Waals surface area (Å²) in [5.74, 6) is -0.612. The number of hydrogen-bond donors (Lipinski definition) is 1. The van der Waals surface area contributed by atoms with Crippen LogP contribution in [0.5, 0.6) is 0 Å². The van der Waals surface area contributed by atoms with E-state index in [1.165, 1.54) is 12.1 Å². The highest BCUT2D eigenvalue weighted by atomic mass is 32.2. The number of aromatic nitrogens is 1. The van der Waals surface area contributed by atoms with E-state index in [9.17, 15) is 13.2 Å². The Bertz CT molecular complexity index is 1070. The molecular weight excluding hydrogens is 354 g/mol. The van der Waals surface area contributed by atoms with Crippen molar-refractivity contribution in [1.29, 1.82) is 0 Å². The van der Waals surface area contributed by atoms with Gasteiger partial charge in [-0.05, 0) is 49.7 Å². The van der Waals surface area contributed by atoms with Gasteiger partial charge in [-0.3, -0.25) is 0 Å². The maximum absolute atomic E-state index is 12.7. The molecule has 0 atom stereocenters. The molecule has 3 aromatic rings. The number of hydrogen-bond acceptors (Lipinski definition) is 5. The molecule has 1 N–H and O–H groups in total. The van der Waals surface area contributed by atoms with Crippen molar-refractivity contribution >= 4 is 15.8 Å². The van der Waals surface area contributed by atoms with Crippen LogP contribution in [0, 0.1) is 13.8 Å². The van der Waals surface area contributed by atoms with Gasteiger partial charge in [0.25, 0.3) is 0 Å². The Labute approximate surface area is 151 Å². The van der Waals surface area contributed by atoms with Crippen LogP contribution < -0.4 is 0 Å². The van der Waals surface area contributed by atoms with Crippen molar-refractivity contribution in [1.82, 2.24) is 4.98 Å². The van der Waals surface area contributed by atoms with E-state index in [2.05, 4.69) is 4.98 Å². The van der Waals surface area contributed by atoms with E-state index in [0.29, 0.717) is 22.6 Å². The predicted octanol–water partition coefficient (Wildman–Crippen LogP) is 3.63. The molecule has 0 fully saturated rings. The zero-order chi connectivity index (χ0) is 18.9. The van der Waals surface area contributed by atoms with Gasteiger partial charge < -0.3 is 9.52 Å². The molecule has 0 amide bonds. The number of benzene rings is 2. The van der Waals surface area contributed by atoms with Crippen molar-refractivity contribution < 1.29 is 22.7 Å². The molecule has 3 rings (SSSR count). The Morgan fingerprint density at radius 3 is 2.35 bits per heavy atom. The number of rotatable bonds is 5. The van der Waals surface area contributed by atoms with Gasteiger partial charge in [0.15, 0.2) is 9.84 Å². The summed E-state index contributed by atoms with van der Waals surface area (Å²) in [6.07, 6.45) is 0. The maximum atomic E-state index is 12.7. The molecule has 0 bridgehead atoms. The molecule has 0 radical (unpaired) electrons. The Morgan fingerprint density at radius 2 is 1.73 bits per heavy atom. The van der Waals surface area contributed by atoms with Crippen LogP contribution in [0.15, 0.2) is 57.8 Å². The second-order valence-electron chi connectivity index (χ2n) is 5.93. The van der Waals surface area contributed by atoms with Gasteiger partial charge in [0.05, 0.1) is 16.2 Å². The Hall–Kier alpha value is -2.93. The molecule has 134 valence electrons. The van der Waals surface area contributed by atoms with Crippen LogP contribution in [0.4, 0.5) is 0 Å². The van der Waals surface area contributed by atoms with Gasteiger partial charge in [0.2, 0.25) is 5.89 Å². The molecule has 0 unspecified atom stereocenters. The minimum Gasteiger partial charge on any atom is -0.478 e. The fourth-order valence-corrected chi connectivity index (χ4v) is 4.23. The summed E-state index contributed by atoms with van der Waals surface area (Å²) in [6, 6.07) is 12.8. The van der Waals surface area contributed by atoms with Gasteiger partial charge in [0.1, 0.15) is 11.5 Å². The van der Waals surface area contributed by atoms with Gasteiger partial charge in [-0.25, -0.2) is 18.2 Å². The third-order valence-electron chi connectivity index (χ3n) is 4.03. The predicted molar refractivity (Wildman–Crippen MR) is 95.7 cm³/mol. The monoisotopic (exact) mass is 371 g/mol. The summed E-state index contributed by atoms with van der Waals surface area (Å²) in [7, 11) is -3.55. The van der Waals surface area contributed by atoms with Gasteiger partial charge in [0, 0.05) is 5.56 Å². The van der Waals surface area contributed by atoms with Crippen LogP contribution in [0.1, 0.15) is 27.4 Å². The van der Waals surface area contributed by atoms with Gasteiger partial charge in [-0.15, -0.1) is 0 Å². The highest BCUT2D eigenvalue weighted by molar-refractivity contribution is 7.90. The molecule has 26 heavy (non-hydrogen) atoms. The summed E-state index contributed by atoms with van der Waals surface area (Å²) in [5, 5.41) is 8.95. The minimum atomic E-state index is -3.55. The lowest BCUT2D eigenvalue weighted by Crippen LogP contribution is -2.07. The number of carbonyl (C=O) groups is 1. The summed E-state index contributed by atoms with van der Waals surface area (Å²) in [4.78, 5) is 15.5. The number of carboxylic acid groups (broad SMARTS) is 1. The Balaban J connectivity index is 1.91. The molecular formula is C19H17NO5S. The fraction of sp³-hybridized carbons (Fsp3) is 0.158. The lowest BCUT2D eigenvalue weighted by Gasteiger charge is -2.06. The normalized spacial score (nSPS) is 11.5. The van der Waals surface area contributed by atoms with Gasteiger partial charge >= 0.3 is 5.97 Å². The van der Waals surface area contributed by atoms with Crippen LogP contribution in [-0.4, -0.2) is 24.5 Å². The first kappa shape index (κ1) is 17.9. The highest BCUT2D eigenvalue weighted by Gasteiger charge is 2.22. The standard InChI is InChI=1S/C19H17NO5S/c1-12-5-3-4-6-17(12)26(23,24)11-16-13(2)25-18(20-16)14-7-9-15(10-8-14)19(21)22/h3-10H,11H2,1-2H3,(H,21,22). The first-order valence-corrected chi connectivity index (χ1v) is 9.51. The second kappa shape index (κ2) is 6.76. The largest absolute Gasteiger partial charge is 0.478 e. The van der Waals surface area contributed by atoms with Crippen LogP contribution >= 0.6 is 0 Å².